The third-order valence-corrected chi connectivity index (χ3v) is 4.48. The summed E-state index contributed by atoms with van der Waals surface area (Å²) in [6.07, 6.45) is 0.404. The van der Waals surface area contributed by atoms with E-state index in [2.05, 4.69) is 22.6 Å². The van der Waals surface area contributed by atoms with Crippen molar-refractivity contribution in [3.8, 4) is 0 Å². The molecule has 1 saturated heterocycles. The zero-order valence-corrected chi connectivity index (χ0v) is 14.2. The average Bonchev–Trinajstić information content (AvgIpc) is 2.52. The van der Waals surface area contributed by atoms with Crippen LogP contribution < -0.4 is 0 Å². The van der Waals surface area contributed by atoms with E-state index in [-0.39, 0.29) is 11.8 Å². The maximum Gasteiger partial charge on any atom is 0.255 e. The van der Waals surface area contributed by atoms with Gasteiger partial charge in [-0.1, -0.05) is 12.1 Å². The van der Waals surface area contributed by atoms with Gasteiger partial charge in [-0.15, -0.1) is 0 Å². The smallest absolute Gasteiger partial charge is 0.255 e. The van der Waals surface area contributed by atoms with Gasteiger partial charge >= 0.3 is 0 Å². The van der Waals surface area contributed by atoms with E-state index >= 15 is 0 Å². The lowest BCUT2D eigenvalue weighted by atomic mass is 10.2. The molecule has 0 atom stereocenters. The molecule has 114 valence electrons. The lowest BCUT2D eigenvalue weighted by Crippen LogP contribution is -2.50. The van der Waals surface area contributed by atoms with Crippen LogP contribution in [-0.2, 0) is 9.53 Å². The summed E-state index contributed by atoms with van der Waals surface area (Å²) in [7, 11) is 1.59. The van der Waals surface area contributed by atoms with Gasteiger partial charge in [-0.3, -0.25) is 9.59 Å². The zero-order chi connectivity index (χ0) is 15.2. The second-order valence-electron chi connectivity index (χ2n) is 4.90. The number of nitrogens with zero attached hydrogens (tertiary/aromatic N) is 2. The van der Waals surface area contributed by atoms with Gasteiger partial charge in [0.05, 0.1) is 18.6 Å². The van der Waals surface area contributed by atoms with Crippen LogP contribution >= 0.6 is 22.6 Å². The summed E-state index contributed by atoms with van der Waals surface area (Å²) in [5.74, 6) is 0.141. The maximum absolute atomic E-state index is 12.5. The molecule has 0 spiro atoms. The first-order valence-electron chi connectivity index (χ1n) is 6.94. The van der Waals surface area contributed by atoms with Crippen molar-refractivity contribution in [2.24, 2.45) is 0 Å². The predicted octanol–water partition coefficient (Wildman–Crippen LogP) is 1.61. The number of halogens is 1. The van der Waals surface area contributed by atoms with Crippen molar-refractivity contribution < 1.29 is 14.3 Å². The van der Waals surface area contributed by atoms with Crippen LogP contribution in [0, 0.1) is 3.57 Å². The summed E-state index contributed by atoms with van der Waals surface area (Å²) in [6.45, 7) is 2.81. The van der Waals surface area contributed by atoms with Gasteiger partial charge in [-0.05, 0) is 34.7 Å². The van der Waals surface area contributed by atoms with Crippen LogP contribution in [0.3, 0.4) is 0 Å². The van der Waals surface area contributed by atoms with Gasteiger partial charge in [0, 0.05) is 36.9 Å². The molecule has 1 aromatic rings. The third kappa shape index (κ3) is 4.16. The second kappa shape index (κ2) is 7.74. The normalized spacial score (nSPS) is 15.1. The van der Waals surface area contributed by atoms with Crippen molar-refractivity contribution in [2.45, 2.75) is 6.42 Å². The fourth-order valence-corrected chi connectivity index (χ4v) is 2.93. The minimum absolute atomic E-state index is 0.0454. The summed E-state index contributed by atoms with van der Waals surface area (Å²) in [5.41, 5.74) is 0.734. The molecule has 1 heterocycles. The van der Waals surface area contributed by atoms with Gasteiger partial charge in [0.15, 0.2) is 0 Å². The largest absolute Gasteiger partial charge is 0.384 e. The van der Waals surface area contributed by atoms with Gasteiger partial charge in [0.25, 0.3) is 5.91 Å². The highest BCUT2D eigenvalue weighted by atomic mass is 127. The highest BCUT2D eigenvalue weighted by Crippen LogP contribution is 2.15. The third-order valence-electron chi connectivity index (χ3n) is 3.54. The average molecular weight is 402 g/mol. The molecule has 1 aromatic carbocycles. The zero-order valence-electron chi connectivity index (χ0n) is 12.0. The molecular weight excluding hydrogens is 383 g/mol. The van der Waals surface area contributed by atoms with Crippen LogP contribution in [0.4, 0.5) is 0 Å². The lowest BCUT2D eigenvalue weighted by Gasteiger charge is -2.35. The Hall–Kier alpha value is -1.15. The Kier molecular flexibility index (Phi) is 5.98. The topological polar surface area (TPSA) is 49.9 Å². The standard InChI is InChI=1S/C15H19IN2O3/c1-21-11-6-14(19)17-7-9-18(10-8-17)15(20)12-4-2-3-5-13(12)16/h2-5H,6-11H2,1H3. The molecule has 1 aliphatic heterocycles. The van der Waals surface area contributed by atoms with Gasteiger partial charge < -0.3 is 14.5 Å². The Labute approximate surface area is 138 Å². The van der Waals surface area contributed by atoms with Crippen molar-refractivity contribution in [2.75, 3.05) is 39.9 Å². The van der Waals surface area contributed by atoms with Crippen LogP contribution in [0.25, 0.3) is 0 Å². The molecule has 0 unspecified atom stereocenters. The van der Waals surface area contributed by atoms with Crippen molar-refractivity contribution >= 4 is 34.4 Å². The molecule has 1 fully saturated rings. The van der Waals surface area contributed by atoms with Crippen molar-refractivity contribution in [1.82, 2.24) is 9.80 Å². The molecule has 0 N–H and O–H groups in total. The number of carbonyl (C=O) groups excluding carboxylic acids is 2. The molecule has 0 saturated carbocycles. The van der Waals surface area contributed by atoms with E-state index in [0.29, 0.717) is 39.2 Å². The van der Waals surface area contributed by atoms with Crippen LogP contribution in [-0.4, -0.2) is 61.5 Å². The summed E-state index contributed by atoms with van der Waals surface area (Å²) < 4.78 is 5.88. The van der Waals surface area contributed by atoms with Gasteiger partial charge in [-0.25, -0.2) is 0 Å². The number of benzene rings is 1. The van der Waals surface area contributed by atoms with Crippen LogP contribution in [0.15, 0.2) is 24.3 Å². The molecule has 1 aliphatic rings. The van der Waals surface area contributed by atoms with E-state index in [1.165, 1.54) is 0 Å². The summed E-state index contributed by atoms with van der Waals surface area (Å²) >= 11 is 2.18. The number of hydrogen-bond donors (Lipinski definition) is 0. The first-order valence-corrected chi connectivity index (χ1v) is 8.02. The predicted molar refractivity (Wildman–Crippen MR) is 88.1 cm³/mol. The van der Waals surface area contributed by atoms with Crippen LogP contribution in [0.1, 0.15) is 16.8 Å². The lowest BCUT2D eigenvalue weighted by molar-refractivity contribution is -0.133. The van der Waals surface area contributed by atoms with E-state index in [0.717, 1.165) is 9.13 Å². The highest BCUT2D eigenvalue weighted by Gasteiger charge is 2.25. The maximum atomic E-state index is 12.5. The number of piperazine rings is 1. The number of carbonyl (C=O) groups is 2. The Morgan fingerprint density at radius 3 is 2.38 bits per heavy atom. The Morgan fingerprint density at radius 2 is 1.76 bits per heavy atom. The molecule has 21 heavy (non-hydrogen) atoms. The minimum Gasteiger partial charge on any atom is -0.384 e. The van der Waals surface area contributed by atoms with Crippen molar-refractivity contribution in [1.29, 1.82) is 0 Å². The monoisotopic (exact) mass is 402 g/mol. The van der Waals surface area contributed by atoms with E-state index in [4.69, 9.17) is 4.74 Å². The number of methoxy groups -OCH3 is 1. The molecule has 0 bridgehead atoms. The molecular formula is C15H19IN2O3. The molecule has 0 aliphatic carbocycles. The first kappa shape index (κ1) is 16.2. The Bertz CT molecular complexity index is 513. The van der Waals surface area contributed by atoms with Crippen LogP contribution in [0.2, 0.25) is 0 Å². The van der Waals surface area contributed by atoms with Gasteiger partial charge in [-0.2, -0.15) is 0 Å². The number of amides is 2. The molecule has 5 nitrogen and oxygen atoms in total. The summed E-state index contributed by atoms with van der Waals surface area (Å²) in [6, 6.07) is 7.57. The van der Waals surface area contributed by atoms with Crippen molar-refractivity contribution in [3.63, 3.8) is 0 Å². The molecule has 0 radical (unpaired) electrons. The highest BCUT2D eigenvalue weighted by molar-refractivity contribution is 14.1. The van der Waals surface area contributed by atoms with Crippen molar-refractivity contribution in [3.05, 3.63) is 33.4 Å². The molecule has 6 heteroatoms. The first-order chi connectivity index (χ1) is 10.1. The molecule has 0 aromatic heterocycles. The molecule has 2 amide bonds. The van der Waals surface area contributed by atoms with Gasteiger partial charge in [0.1, 0.15) is 0 Å². The minimum atomic E-state index is 0.0454. The fraction of sp³-hybridized carbons (Fsp3) is 0.467. The number of hydrogen-bond acceptors (Lipinski definition) is 3. The number of rotatable bonds is 4. The van der Waals surface area contributed by atoms with E-state index < -0.39 is 0 Å². The Balaban J connectivity index is 1.91. The van der Waals surface area contributed by atoms with Crippen LogP contribution in [0.5, 0.6) is 0 Å². The quantitative estimate of drug-likeness (QED) is 0.720. The van der Waals surface area contributed by atoms with Gasteiger partial charge in [0.2, 0.25) is 5.91 Å². The summed E-state index contributed by atoms with van der Waals surface area (Å²) in [4.78, 5) is 28.0. The Morgan fingerprint density at radius 1 is 1.14 bits per heavy atom. The number of ether oxygens (including phenoxy) is 1. The molecule has 2 rings (SSSR count). The summed E-state index contributed by atoms with van der Waals surface area (Å²) in [5, 5.41) is 0. The fourth-order valence-electron chi connectivity index (χ4n) is 2.31. The van der Waals surface area contributed by atoms with E-state index in [9.17, 15) is 9.59 Å². The van der Waals surface area contributed by atoms with E-state index in [1.54, 1.807) is 12.0 Å². The SMILES string of the molecule is COCCC(=O)N1CCN(C(=O)c2ccccc2I)CC1. The second-order valence-corrected chi connectivity index (χ2v) is 6.06. The van der Waals surface area contributed by atoms with E-state index in [1.807, 2.05) is 29.2 Å².